The molecule has 4 aromatic rings. The summed E-state index contributed by atoms with van der Waals surface area (Å²) in [5.74, 6) is -0.640. The molecule has 4 rings (SSSR count). The molecule has 160 valence electrons. The molecule has 6 nitrogen and oxygen atoms in total. The topological polar surface area (TPSA) is 88.5 Å². The molecule has 6 heteroatoms. The first-order valence-electron chi connectivity index (χ1n) is 10.2. The Morgan fingerprint density at radius 3 is 2.19 bits per heavy atom. The number of rotatable bonds is 7. The van der Waals surface area contributed by atoms with Gasteiger partial charge in [0.05, 0.1) is 19.6 Å². The fourth-order valence-corrected chi connectivity index (χ4v) is 3.56. The summed E-state index contributed by atoms with van der Waals surface area (Å²) in [5.41, 5.74) is 2.94. The monoisotopic (exact) mass is 426 g/mol. The van der Waals surface area contributed by atoms with Crippen LogP contribution in [0.5, 0.6) is 5.75 Å². The number of carboxylic acid groups (broad SMARTS) is 1. The molecule has 1 unspecified atom stereocenters. The highest BCUT2D eigenvalue weighted by atomic mass is 16.5. The zero-order valence-electron chi connectivity index (χ0n) is 17.5. The number of methoxy groups -OCH3 is 1. The third-order valence-electron chi connectivity index (χ3n) is 5.28. The number of nitrogens with one attached hydrogen (secondary N) is 1. The number of carbonyl (C=O) groups excluding carboxylic acids is 1. The first kappa shape index (κ1) is 21.1. The predicted molar refractivity (Wildman–Crippen MR) is 123 cm³/mol. The molecule has 2 N–H and O–H groups in total. The highest BCUT2D eigenvalue weighted by Crippen LogP contribution is 2.25. The summed E-state index contributed by atoms with van der Waals surface area (Å²) in [5, 5.41) is 14.0. The summed E-state index contributed by atoms with van der Waals surface area (Å²) in [4.78, 5) is 28.5. The van der Waals surface area contributed by atoms with Crippen LogP contribution in [0.15, 0.2) is 85.1 Å². The quantitative estimate of drug-likeness (QED) is 0.441. The van der Waals surface area contributed by atoms with Gasteiger partial charge in [-0.1, -0.05) is 60.7 Å². The molecule has 0 aliphatic heterocycles. The molecule has 3 aromatic carbocycles. The van der Waals surface area contributed by atoms with Crippen LogP contribution in [0, 0.1) is 0 Å². The Morgan fingerprint density at radius 2 is 1.56 bits per heavy atom. The van der Waals surface area contributed by atoms with E-state index in [0.717, 1.165) is 27.6 Å². The number of nitrogens with zero attached hydrogens (tertiary/aromatic N) is 1. The van der Waals surface area contributed by atoms with E-state index in [2.05, 4.69) is 10.3 Å². The molecule has 0 spiro atoms. The van der Waals surface area contributed by atoms with Crippen molar-refractivity contribution >= 4 is 22.6 Å². The molecule has 0 bridgehead atoms. The minimum absolute atomic E-state index is 0.235. The molecule has 0 fully saturated rings. The number of benzene rings is 3. The van der Waals surface area contributed by atoms with E-state index in [-0.39, 0.29) is 12.1 Å². The molecule has 0 saturated heterocycles. The zero-order valence-corrected chi connectivity index (χ0v) is 17.5. The van der Waals surface area contributed by atoms with Gasteiger partial charge in [-0.25, -0.2) is 0 Å². The number of hydrogen-bond acceptors (Lipinski definition) is 4. The van der Waals surface area contributed by atoms with E-state index in [0.29, 0.717) is 5.56 Å². The van der Waals surface area contributed by atoms with Gasteiger partial charge >= 0.3 is 5.97 Å². The minimum Gasteiger partial charge on any atom is -0.497 e. The van der Waals surface area contributed by atoms with Crippen molar-refractivity contribution in [1.29, 1.82) is 0 Å². The van der Waals surface area contributed by atoms with Gasteiger partial charge in [-0.05, 0) is 40.3 Å². The first-order valence-corrected chi connectivity index (χ1v) is 10.2. The molecule has 1 amide bonds. The van der Waals surface area contributed by atoms with Crippen molar-refractivity contribution in [3.8, 4) is 16.9 Å². The lowest BCUT2D eigenvalue weighted by atomic mass is 9.99. The van der Waals surface area contributed by atoms with E-state index < -0.39 is 17.9 Å². The molecular weight excluding hydrogens is 404 g/mol. The number of carbonyl (C=O) groups is 2. The van der Waals surface area contributed by atoms with Crippen molar-refractivity contribution < 1.29 is 19.4 Å². The average Bonchev–Trinajstić information content (AvgIpc) is 2.83. The Bertz CT molecular complexity index is 1250. The van der Waals surface area contributed by atoms with E-state index in [1.165, 1.54) is 0 Å². The smallest absolute Gasteiger partial charge is 0.305 e. The van der Waals surface area contributed by atoms with E-state index in [4.69, 9.17) is 4.74 Å². The zero-order chi connectivity index (χ0) is 22.5. The van der Waals surface area contributed by atoms with Gasteiger partial charge in [0.1, 0.15) is 11.4 Å². The van der Waals surface area contributed by atoms with Crippen LogP contribution in [0.3, 0.4) is 0 Å². The second-order valence-corrected chi connectivity index (χ2v) is 7.39. The predicted octanol–water partition coefficient (Wildman–Crippen LogP) is 4.86. The molecule has 1 heterocycles. The molecule has 0 aliphatic carbocycles. The maximum atomic E-state index is 12.8. The number of carboxylic acids is 1. The average molecular weight is 426 g/mol. The number of hydrogen-bond donors (Lipinski definition) is 2. The van der Waals surface area contributed by atoms with E-state index in [1.54, 1.807) is 19.4 Å². The molecule has 1 atom stereocenters. The highest BCUT2D eigenvalue weighted by Gasteiger charge is 2.20. The van der Waals surface area contributed by atoms with Gasteiger partial charge in [0.2, 0.25) is 0 Å². The summed E-state index contributed by atoms with van der Waals surface area (Å²) >= 11 is 0. The molecular formula is C26H22N2O4. The van der Waals surface area contributed by atoms with Crippen LogP contribution in [0.1, 0.15) is 28.5 Å². The third-order valence-corrected chi connectivity index (χ3v) is 5.28. The van der Waals surface area contributed by atoms with Crippen molar-refractivity contribution in [2.24, 2.45) is 0 Å². The fourth-order valence-electron chi connectivity index (χ4n) is 3.56. The Balaban J connectivity index is 1.55. The number of aliphatic carboxylic acids is 1. The largest absolute Gasteiger partial charge is 0.497 e. The summed E-state index contributed by atoms with van der Waals surface area (Å²) in [6.07, 6.45) is 1.40. The summed E-state index contributed by atoms with van der Waals surface area (Å²) in [7, 11) is 1.62. The Kier molecular flexibility index (Phi) is 6.12. The number of pyridine rings is 1. The third kappa shape index (κ3) is 4.75. The van der Waals surface area contributed by atoms with Gasteiger partial charge in [0.25, 0.3) is 5.91 Å². The highest BCUT2D eigenvalue weighted by molar-refractivity contribution is 5.96. The van der Waals surface area contributed by atoms with Crippen LogP contribution >= 0.6 is 0 Å². The minimum atomic E-state index is -0.999. The lowest BCUT2D eigenvalue weighted by Gasteiger charge is -2.18. The van der Waals surface area contributed by atoms with Crippen LogP contribution < -0.4 is 10.1 Å². The van der Waals surface area contributed by atoms with Crippen LogP contribution in [0.4, 0.5) is 0 Å². The summed E-state index contributed by atoms with van der Waals surface area (Å²) < 4.78 is 5.19. The van der Waals surface area contributed by atoms with Crippen molar-refractivity contribution in [2.45, 2.75) is 12.5 Å². The number of ether oxygens (including phenoxy) is 1. The van der Waals surface area contributed by atoms with Gasteiger partial charge < -0.3 is 15.2 Å². The Labute approximate surface area is 185 Å². The molecule has 1 aromatic heterocycles. The van der Waals surface area contributed by atoms with E-state index >= 15 is 0 Å². The van der Waals surface area contributed by atoms with Gasteiger partial charge in [-0.3, -0.25) is 14.6 Å². The van der Waals surface area contributed by atoms with Gasteiger partial charge in [-0.2, -0.15) is 0 Å². The molecule has 0 aliphatic rings. The second-order valence-electron chi connectivity index (χ2n) is 7.39. The van der Waals surface area contributed by atoms with Crippen LogP contribution in [-0.4, -0.2) is 29.1 Å². The first-order chi connectivity index (χ1) is 15.5. The van der Waals surface area contributed by atoms with Gasteiger partial charge in [0.15, 0.2) is 0 Å². The lowest BCUT2D eigenvalue weighted by Crippen LogP contribution is -2.30. The second kappa shape index (κ2) is 9.31. The normalized spacial score (nSPS) is 11.7. The van der Waals surface area contributed by atoms with Crippen molar-refractivity contribution in [1.82, 2.24) is 10.3 Å². The SMILES string of the molecule is COc1ccc(-c2ccc(C(CC(=O)O)NC(=O)c3cc4ccccc4cn3)cc2)cc1. The number of aromatic nitrogens is 1. The Morgan fingerprint density at radius 1 is 0.938 bits per heavy atom. The maximum absolute atomic E-state index is 12.8. The van der Waals surface area contributed by atoms with Crippen LogP contribution in [-0.2, 0) is 4.79 Å². The van der Waals surface area contributed by atoms with Gasteiger partial charge in [0, 0.05) is 11.6 Å². The van der Waals surface area contributed by atoms with E-state index in [9.17, 15) is 14.7 Å². The van der Waals surface area contributed by atoms with Crippen LogP contribution in [0.25, 0.3) is 21.9 Å². The maximum Gasteiger partial charge on any atom is 0.305 e. The summed E-state index contributed by atoms with van der Waals surface area (Å²) in [6.45, 7) is 0. The standard InChI is InChI=1S/C26H22N2O4/c1-32-22-12-10-18(11-13-22)17-6-8-19(9-7-17)23(15-25(29)30)28-26(31)24-14-20-4-2-3-5-21(20)16-27-24/h2-14,16,23H,15H2,1H3,(H,28,31)(H,29,30). The van der Waals surface area contributed by atoms with E-state index in [1.807, 2.05) is 72.8 Å². The molecule has 0 saturated carbocycles. The van der Waals surface area contributed by atoms with Crippen molar-refractivity contribution in [3.63, 3.8) is 0 Å². The number of fused-ring (bicyclic) bond motifs is 1. The lowest BCUT2D eigenvalue weighted by molar-refractivity contribution is -0.137. The summed E-state index contributed by atoms with van der Waals surface area (Å²) in [6, 6.07) is 23.8. The fraction of sp³-hybridized carbons (Fsp3) is 0.115. The number of amides is 1. The van der Waals surface area contributed by atoms with Crippen LogP contribution in [0.2, 0.25) is 0 Å². The molecule has 32 heavy (non-hydrogen) atoms. The van der Waals surface area contributed by atoms with Crippen molar-refractivity contribution in [2.75, 3.05) is 7.11 Å². The Hall–Kier alpha value is -4.19. The van der Waals surface area contributed by atoms with Gasteiger partial charge in [-0.15, -0.1) is 0 Å². The molecule has 0 radical (unpaired) electrons. The van der Waals surface area contributed by atoms with Crippen molar-refractivity contribution in [3.05, 3.63) is 96.3 Å².